The SMILES string of the molecule is Cc1ccc(CNc2ccc(C(N)=S)c(Br)c2F)o1. The lowest BCUT2D eigenvalue weighted by Crippen LogP contribution is -2.12. The van der Waals surface area contributed by atoms with Crippen LogP contribution in [0.25, 0.3) is 0 Å². The van der Waals surface area contributed by atoms with Gasteiger partial charge in [-0.15, -0.1) is 0 Å². The Hall–Kier alpha value is -1.40. The first kappa shape index (κ1) is 14.0. The van der Waals surface area contributed by atoms with Gasteiger partial charge in [0.1, 0.15) is 16.5 Å². The number of rotatable bonds is 4. The summed E-state index contributed by atoms with van der Waals surface area (Å²) in [6, 6.07) is 6.98. The van der Waals surface area contributed by atoms with E-state index >= 15 is 0 Å². The molecule has 0 fully saturated rings. The van der Waals surface area contributed by atoms with Crippen molar-refractivity contribution in [2.45, 2.75) is 13.5 Å². The molecule has 0 spiro atoms. The molecule has 1 aromatic heterocycles. The number of anilines is 1. The van der Waals surface area contributed by atoms with Crippen LogP contribution in [0.3, 0.4) is 0 Å². The minimum Gasteiger partial charge on any atom is -0.465 e. The van der Waals surface area contributed by atoms with E-state index in [0.717, 1.165) is 11.5 Å². The number of halogens is 2. The standard InChI is InChI=1S/C13H12BrFN2OS/c1-7-2-3-8(18-7)6-17-10-5-4-9(13(16)19)11(14)12(10)15/h2-5,17H,6H2,1H3,(H2,16,19). The Balaban J connectivity index is 2.17. The van der Waals surface area contributed by atoms with Crippen molar-refractivity contribution in [3.05, 3.63) is 51.6 Å². The third kappa shape index (κ3) is 3.13. The number of hydrogen-bond donors (Lipinski definition) is 2. The molecule has 1 aromatic carbocycles. The van der Waals surface area contributed by atoms with E-state index in [1.807, 2.05) is 19.1 Å². The van der Waals surface area contributed by atoms with Gasteiger partial charge in [-0.3, -0.25) is 0 Å². The van der Waals surface area contributed by atoms with Crippen molar-refractivity contribution in [1.29, 1.82) is 0 Å². The summed E-state index contributed by atoms with van der Waals surface area (Å²) in [5, 5.41) is 2.97. The topological polar surface area (TPSA) is 51.2 Å². The van der Waals surface area contributed by atoms with Gasteiger partial charge in [-0.2, -0.15) is 0 Å². The molecule has 0 bridgehead atoms. The highest BCUT2D eigenvalue weighted by atomic mass is 79.9. The maximum atomic E-state index is 14.1. The zero-order valence-corrected chi connectivity index (χ0v) is 12.6. The molecule has 0 aliphatic heterocycles. The maximum Gasteiger partial charge on any atom is 0.161 e. The zero-order chi connectivity index (χ0) is 14.0. The molecule has 0 saturated heterocycles. The molecular formula is C13H12BrFN2OS. The van der Waals surface area contributed by atoms with Crippen molar-refractivity contribution in [2.24, 2.45) is 5.73 Å². The van der Waals surface area contributed by atoms with Gasteiger partial charge in [-0.05, 0) is 47.1 Å². The van der Waals surface area contributed by atoms with E-state index in [9.17, 15) is 4.39 Å². The number of benzene rings is 1. The lowest BCUT2D eigenvalue weighted by atomic mass is 10.2. The molecule has 0 unspecified atom stereocenters. The number of hydrogen-bond acceptors (Lipinski definition) is 3. The molecule has 3 nitrogen and oxygen atoms in total. The Morgan fingerprint density at radius 3 is 2.74 bits per heavy atom. The lowest BCUT2D eigenvalue weighted by molar-refractivity contribution is 0.490. The predicted octanol–water partition coefficient (Wildman–Crippen LogP) is 3.74. The van der Waals surface area contributed by atoms with Crippen LogP contribution in [0.15, 0.2) is 33.2 Å². The Morgan fingerprint density at radius 2 is 2.16 bits per heavy atom. The van der Waals surface area contributed by atoms with Crippen molar-refractivity contribution in [2.75, 3.05) is 5.32 Å². The third-order valence-electron chi connectivity index (χ3n) is 2.60. The number of nitrogens with two attached hydrogens (primary N) is 1. The molecule has 0 aliphatic carbocycles. The van der Waals surface area contributed by atoms with Gasteiger partial charge in [-0.25, -0.2) is 4.39 Å². The quantitative estimate of drug-likeness (QED) is 0.831. The molecule has 3 N–H and O–H groups in total. The summed E-state index contributed by atoms with van der Waals surface area (Å²) in [7, 11) is 0. The molecule has 0 radical (unpaired) electrons. The van der Waals surface area contributed by atoms with Crippen LogP contribution in [0.1, 0.15) is 17.1 Å². The summed E-state index contributed by atoms with van der Waals surface area (Å²) in [5.74, 6) is 1.14. The minimum atomic E-state index is -0.423. The van der Waals surface area contributed by atoms with Crippen LogP contribution in [-0.4, -0.2) is 4.99 Å². The smallest absolute Gasteiger partial charge is 0.161 e. The first-order valence-corrected chi connectivity index (χ1v) is 6.76. The summed E-state index contributed by atoms with van der Waals surface area (Å²) in [4.78, 5) is 0.152. The van der Waals surface area contributed by atoms with E-state index in [1.165, 1.54) is 0 Å². The molecule has 19 heavy (non-hydrogen) atoms. The van der Waals surface area contributed by atoms with Gasteiger partial charge < -0.3 is 15.5 Å². The van der Waals surface area contributed by atoms with Crippen molar-refractivity contribution in [1.82, 2.24) is 0 Å². The van der Waals surface area contributed by atoms with E-state index < -0.39 is 5.82 Å². The molecule has 100 valence electrons. The maximum absolute atomic E-state index is 14.1. The van der Waals surface area contributed by atoms with Gasteiger partial charge in [0.2, 0.25) is 0 Å². The average molecular weight is 343 g/mol. The van der Waals surface area contributed by atoms with Crippen molar-refractivity contribution in [3.63, 3.8) is 0 Å². The summed E-state index contributed by atoms with van der Waals surface area (Å²) in [6.45, 7) is 2.27. The highest BCUT2D eigenvalue weighted by molar-refractivity contribution is 9.10. The molecule has 0 aliphatic rings. The van der Waals surface area contributed by atoms with Crippen molar-refractivity contribution >= 4 is 38.8 Å². The highest BCUT2D eigenvalue weighted by Crippen LogP contribution is 2.27. The normalized spacial score (nSPS) is 10.5. The van der Waals surface area contributed by atoms with Gasteiger partial charge >= 0.3 is 0 Å². The fraction of sp³-hybridized carbons (Fsp3) is 0.154. The first-order chi connectivity index (χ1) is 8.99. The fourth-order valence-corrected chi connectivity index (χ4v) is 2.50. The highest BCUT2D eigenvalue weighted by Gasteiger charge is 2.13. The Labute approximate surface area is 124 Å². The van der Waals surface area contributed by atoms with E-state index in [4.69, 9.17) is 22.4 Å². The van der Waals surface area contributed by atoms with Gasteiger partial charge in [0, 0.05) is 5.56 Å². The number of nitrogens with one attached hydrogen (secondary N) is 1. The Morgan fingerprint density at radius 1 is 1.42 bits per heavy atom. The van der Waals surface area contributed by atoms with Gasteiger partial charge in [0.25, 0.3) is 0 Å². The molecule has 0 saturated carbocycles. The summed E-state index contributed by atoms with van der Waals surface area (Å²) in [5.41, 5.74) is 6.34. The van der Waals surface area contributed by atoms with E-state index in [-0.39, 0.29) is 9.46 Å². The van der Waals surface area contributed by atoms with Crippen LogP contribution in [0.2, 0.25) is 0 Å². The molecule has 0 atom stereocenters. The van der Waals surface area contributed by atoms with Crippen LogP contribution in [0.4, 0.5) is 10.1 Å². The first-order valence-electron chi connectivity index (χ1n) is 5.56. The number of aryl methyl sites for hydroxylation is 1. The molecular weight excluding hydrogens is 331 g/mol. The van der Waals surface area contributed by atoms with Crippen LogP contribution < -0.4 is 11.1 Å². The van der Waals surface area contributed by atoms with Gasteiger partial charge in [-0.1, -0.05) is 12.2 Å². The third-order valence-corrected chi connectivity index (χ3v) is 3.59. The Bertz CT molecular complexity index is 627. The van der Waals surface area contributed by atoms with E-state index in [2.05, 4.69) is 21.2 Å². The molecule has 1 heterocycles. The second-order valence-corrected chi connectivity index (χ2v) is 5.25. The minimum absolute atomic E-state index is 0.152. The van der Waals surface area contributed by atoms with Crippen LogP contribution in [0.5, 0.6) is 0 Å². The second-order valence-electron chi connectivity index (χ2n) is 4.02. The average Bonchev–Trinajstić information content (AvgIpc) is 2.76. The lowest BCUT2D eigenvalue weighted by Gasteiger charge is -2.10. The molecule has 2 rings (SSSR count). The van der Waals surface area contributed by atoms with Crippen molar-refractivity contribution in [3.8, 4) is 0 Å². The number of thiocarbonyl (C=S) groups is 1. The Kier molecular flexibility index (Phi) is 4.21. The fourth-order valence-electron chi connectivity index (χ4n) is 1.64. The van der Waals surface area contributed by atoms with Crippen LogP contribution in [-0.2, 0) is 6.54 Å². The van der Waals surface area contributed by atoms with E-state index in [1.54, 1.807) is 12.1 Å². The van der Waals surface area contributed by atoms with E-state index in [0.29, 0.717) is 17.8 Å². The van der Waals surface area contributed by atoms with Crippen LogP contribution >= 0.6 is 28.1 Å². The summed E-state index contributed by atoms with van der Waals surface area (Å²) < 4.78 is 19.7. The van der Waals surface area contributed by atoms with Gasteiger partial charge in [0.15, 0.2) is 5.82 Å². The largest absolute Gasteiger partial charge is 0.465 e. The molecule has 6 heteroatoms. The van der Waals surface area contributed by atoms with Crippen molar-refractivity contribution < 1.29 is 8.81 Å². The predicted molar refractivity (Wildman–Crippen MR) is 80.8 cm³/mol. The molecule has 0 amide bonds. The van der Waals surface area contributed by atoms with Gasteiger partial charge in [0.05, 0.1) is 16.7 Å². The van der Waals surface area contributed by atoms with Crippen LogP contribution in [0, 0.1) is 12.7 Å². The second kappa shape index (κ2) is 5.71. The zero-order valence-electron chi connectivity index (χ0n) is 10.2. The number of furan rings is 1. The summed E-state index contributed by atoms with van der Waals surface area (Å²) >= 11 is 8.00. The monoisotopic (exact) mass is 342 g/mol. The molecule has 2 aromatic rings. The summed E-state index contributed by atoms with van der Waals surface area (Å²) in [6.07, 6.45) is 0.